The smallest absolute Gasteiger partial charge is 0.299 e. The summed E-state index contributed by atoms with van der Waals surface area (Å²) in [5.74, 6) is -1.07. The lowest BCUT2D eigenvalue weighted by molar-refractivity contribution is -0.114. The van der Waals surface area contributed by atoms with Crippen LogP contribution in [0.2, 0.25) is 5.15 Å². The van der Waals surface area contributed by atoms with E-state index < -0.39 is 11.7 Å². The number of halogens is 2. The fourth-order valence-electron chi connectivity index (χ4n) is 2.02. The maximum Gasteiger partial charge on any atom is 0.299 e. The maximum atomic E-state index is 12.0. The van der Waals surface area contributed by atoms with Crippen LogP contribution in [0.25, 0.3) is 0 Å². The van der Waals surface area contributed by atoms with Crippen molar-refractivity contribution in [3.05, 3.63) is 51.2 Å². The Morgan fingerprint density at radius 3 is 2.65 bits per heavy atom. The molecule has 0 unspecified atom stereocenters. The fourth-order valence-corrected chi connectivity index (χ4v) is 2.48. The van der Waals surface area contributed by atoms with Crippen LogP contribution >= 0.6 is 27.5 Å². The Morgan fingerprint density at radius 2 is 1.95 bits per heavy atom. The monoisotopic (exact) mass is 351 g/mol. The molecule has 0 fully saturated rings. The molecular formula is C13H7BrClN3O2. The maximum absolute atomic E-state index is 12.0. The van der Waals surface area contributed by atoms with Gasteiger partial charge in [0, 0.05) is 4.47 Å². The molecule has 0 radical (unpaired) electrons. The van der Waals surface area contributed by atoms with E-state index in [1.54, 1.807) is 30.3 Å². The number of aromatic nitrogens is 2. The Bertz CT molecular complexity index is 718. The zero-order valence-electron chi connectivity index (χ0n) is 10.0. The van der Waals surface area contributed by atoms with Crippen molar-refractivity contribution < 1.29 is 9.59 Å². The molecule has 1 amide bonds. The molecule has 5 nitrogen and oxygen atoms in total. The topological polar surface area (TPSA) is 63.2 Å². The highest BCUT2D eigenvalue weighted by Gasteiger charge is 2.36. The molecule has 100 valence electrons. The van der Waals surface area contributed by atoms with E-state index >= 15 is 0 Å². The lowest BCUT2D eigenvalue weighted by Crippen LogP contribution is -2.29. The van der Waals surface area contributed by atoms with Crippen molar-refractivity contribution in [2.75, 3.05) is 4.90 Å². The molecule has 1 aromatic heterocycles. The average Bonchev–Trinajstić information content (AvgIpc) is 2.66. The first-order valence-electron chi connectivity index (χ1n) is 5.70. The summed E-state index contributed by atoms with van der Waals surface area (Å²) >= 11 is 8.95. The van der Waals surface area contributed by atoms with E-state index in [9.17, 15) is 9.59 Å². The summed E-state index contributed by atoms with van der Waals surface area (Å²) in [4.78, 5) is 25.4. The summed E-state index contributed by atoms with van der Waals surface area (Å²) in [6, 6.07) is 8.42. The number of rotatable bonds is 2. The van der Waals surface area contributed by atoms with Crippen LogP contribution in [-0.4, -0.2) is 21.9 Å². The van der Waals surface area contributed by atoms with Gasteiger partial charge in [-0.3, -0.25) is 14.5 Å². The molecule has 20 heavy (non-hydrogen) atoms. The number of fused-ring (bicyclic) bond motifs is 1. The Labute approximate surface area is 127 Å². The first kappa shape index (κ1) is 13.2. The second-order valence-corrected chi connectivity index (χ2v) is 5.53. The summed E-state index contributed by atoms with van der Waals surface area (Å²) < 4.78 is 0.755. The number of benzene rings is 1. The summed E-state index contributed by atoms with van der Waals surface area (Å²) in [5.41, 5.74) is 1.54. The largest absolute Gasteiger partial charge is 0.299 e. The van der Waals surface area contributed by atoms with Crippen molar-refractivity contribution in [3.8, 4) is 0 Å². The molecule has 1 aromatic carbocycles. The predicted molar refractivity (Wildman–Crippen MR) is 76.7 cm³/mol. The minimum absolute atomic E-state index is 0.184. The fraction of sp³-hybridized carbons (Fsp3) is 0.0769. The minimum atomic E-state index is -0.560. The van der Waals surface area contributed by atoms with Crippen molar-refractivity contribution in [2.24, 2.45) is 0 Å². The van der Waals surface area contributed by atoms with Crippen LogP contribution in [0, 0.1) is 0 Å². The van der Waals surface area contributed by atoms with Gasteiger partial charge in [-0.1, -0.05) is 27.5 Å². The molecular weight excluding hydrogens is 346 g/mol. The number of amides is 1. The van der Waals surface area contributed by atoms with Crippen molar-refractivity contribution in [2.45, 2.75) is 6.54 Å². The minimum Gasteiger partial charge on any atom is -0.299 e. The van der Waals surface area contributed by atoms with Gasteiger partial charge in [0.1, 0.15) is 0 Å². The van der Waals surface area contributed by atoms with Gasteiger partial charge in [0.05, 0.1) is 23.5 Å². The molecule has 7 heteroatoms. The van der Waals surface area contributed by atoms with Gasteiger partial charge in [-0.15, -0.1) is 5.10 Å². The Hall–Kier alpha value is -1.79. The molecule has 3 rings (SSSR count). The molecule has 0 saturated carbocycles. The highest BCUT2D eigenvalue weighted by molar-refractivity contribution is 9.10. The van der Waals surface area contributed by atoms with Crippen molar-refractivity contribution in [1.29, 1.82) is 0 Å². The lowest BCUT2D eigenvalue weighted by atomic mass is 10.1. The number of anilines is 1. The third kappa shape index (κ3) is 2.21. The number of nitrogens with zero attached hydrogens (tertiary/aromatic N) is 3. The molecule has 2 aromatic rings. The number of Topliss-reactive ketones (excluding diaryl/α,β-unsaturated/α-hetero) is 1. The Balaban J connectivity index is 1.97. The van der Waals surface area contributed by atoms with Crippen LogP contribution in [-0.2, 0) is 11.3 Å². The highest BCUT2D eigenvalue weighted by Crippen LogP contribution is 2.32. The average molecular weight is 353 g/mol. The van der Waals surface area contributed by atoms with Gasteiger partial charge < -0.3 is 0 Å². The summed E-state index contributed by atoms with van der Waals surface area (Å²) in [7, 11) is 0. The Kier molecular flexibility index (Phi) is 3.27. The number of hydrogen-bond acceptors (Lipinski definition) is 4. The first-order chi connectivity index (χ1) is 9.56. The molecule has 0 spiro atoms. The van der Waals surface area contributed by atoms with E-state index in [-0.39, 0.29) is 11.7 Å². The van der Waals surface area contributed by atoms with Gasteiger partial charge in [0.15, 0.2) is 5.15 Å². The van der Waals surface area contributed by atoms with Crippen molar-refractivity contribution in [1.82, 2.24) is 10.2 Å². The molecule has 1 aliphatic heterocycles. The number of ketones is 1. The molecule has 2 heterocycles. The summed E-state index contributed by atoms with van der Waals surface area (Å²) in [6.45, 7) is 0.184. The van der Waals surface area contributed by atoms with Gasteiger partial charge in [-0.2, -0.15) is 5.10 Å². The van der Waals surface area contributed by atoms with Crippen LogP contribution in [0.3, 0.4) is 0 Å². The van der Waals surface area contributed by atoms with E-state index in [0.29, 0.717) is 16.9 Å². The second kappa shape index (κ2) is 4.96. The van der Waals surface area contributed by atoms with E-state index in [0.717, 1.165) is 4.47 Å². The van der Waals surface area contributed by atoms with E-state index in [4.69, 9.17) is 11.6 Å². The normalized spacial score (nSPS) is 13.8. The van der Waals surface area contributed by atoms with Gasteiger partial charge in [-0.25, -0.2) is 0 Å². The van der Waals surface area contributed by atoms with E-state index in [1.165, 1.54) is 4.90 Å². The molecule has 0 N–H and O–H groups in total. The van der Waals surface area contributed by atoms with Gasteiger partial charge in [0.2, 0.25) is 0 Å². The van der Waals surface area contributed by atoms with Crippen molar-refractivity contribution >= 4 is 44.9 Å². The first-order valence-corrected chi connectivity index (χ1v) is 6.87. The van der Waals surface area contributed by atoms with Crippen molar-refractivity contribution in [3.63, 3.8) is 0 Å². The highest BCUT2D eigenvalue weighted by atomic mass is 79.9. The summed E-state index contributed by atoms with van der Waals surface area (Å²) in [6.07, 6.45) is 0. The summed E-state index contributed by atoms with van der Waals surface area (Å²) in [5, 5.41) is 7.90. The second-order valence-electron chi connectivity index (χ2n) is 4.23. The number of carbonyl (C=O) groups excluding carboxylic acids is 2. The molecule has 1 aliphatic rings. The standard InChI is InChI=1S/C13H7BrClN3O2/c14-7-1-3-10-9(5-7)12(19)13(20)18(10)6-8-2-4-11(15)17-16-8/h1-5H,6H2. The zero-order chi connectivity index (χ0) is 14.3. The quantitative estimate of drug-likeness (QED) is 0.780. The van der Waals surface area contributed by atoms with Crippen LogP contribution in [0.15, 0.2) is 34.8 Å². The SMILES string of the molecule is O=C1C(=O)N(Cc2ccc(Cl)nn2)c2ccc(Br)cc21. The van der Waals surface area contributed by atoms with Crippen LogP contribution in [0.1, 0.15) is 16.1 Å². The van der Waals surface area contributed by atoms with Crippen LogP contribution < -0.4 is 4.90 Å². The van der Waals surface area contributed by atoms with Crippen LogP contribution in [0.5, 0.6) is 0 Å². The van der Waals surface area contributed by atoms with Gasteiger partial charge >= 0.3 is 0 Å². The number of carbonyl (C=O) groups is 2. The van der Waals surface area contributed by atoms with Gasteiger partial charge in [-0.05, 0) is 30.3 Å². The Morgan fingerprint density at radius 1 is 1.15 bits per heavy atom. The van der Waals surface area contributed by atoms with Crippen LogP contribution in [0.4, 0.5) is 5.69 Å². The third-order valence-corrected chi connectivity index (χ3v) is 3.64. The molecule has 0 atom stereocenters. The predicted octanol–water partition coefficient (Wildman–Crippen LogP) is 2.62. The molecule has 0 bridgehead atoms. The lowest BCUT2D eigenvalue weighted by Gasteiger charge is -2.15. The molecule has 0 saturated heterocycles. The van der Waals surface area contributed by atoms with E-state index in [1.807, 2.05) is 0 Å². The zero-order valence-corrected chi connectivity index (χ0v) is 12.3. The van der Waals surface area contributed by atoms with E-state index in [2.05, 4.69) is 26.1 Å². The van der Waals surface area contributed by atoms with Gasteiger partial charge in [0.25, 0.3) is 11.7 Å². The third-order valence-electron chi connectivity index (χ3n) is 2.94. The molecule has 0 aliphatic carbocycles. The number of hydrogen-bond donors (Lipinski definition) is 0.